The highest BCUT2D eigenvalue weighted by Gasteiger charge is 2.12. The molecule has 0 aromatic heterocycles. The second-order valence-electron chi connectivity index (χ2n) is 4.73. The van der Waals surface area contributed by atoms with Crippen LogP contribution in [0.1, 0.15) is 36.5 Å². The Labute approximate surface area is 119 Å². The minimum atomic E-state index is -0.555. The first-order chi connectivity index (χ1) is 9.62. The van der Waals surface area contributed by atoms with Crippen molar-refractivity contribution in [2.75, 3.05) is 20.3 Å². The van der Waals surface area contributed by atoms with Gasteiger partial charge in [-0.1, -0.05) is 13.3 Å². The summed E-state index contributed by atoms with van der Waals surface area (Å²) in [7, 11) is 1.38. The Hall–Kier alpha value is -1.62. The molecule has 0 aliphatic rings. The summed E-state index contributed by atoms with van der Waals surface area (Å²) >= 11 is 0. The Bertz CT molecular complexity index is 431. The fourth-order valence-corrected chi connectivity index (χ4v) is 2.09. The lowest BCUT2D eigenvalue weighted by atomic mass is 10.00. The zero-order valence-electron chi connectivity index (χ0n) is 12.0. The molecule has 0 bridgehead atoms. The number of carbonyl (C=O) groups excluding carboxylic acids is 1. The molecule has 0 aliphatic heterocycles. The number of benzene rings is 1. The standard InChI is InChI=1S/C15H22FNO3/c1-3-4-11(7-8-18)10-17-15(19)12-5-6-14(20-2)13(16)9-12/h5-6,9,11,18H,3-4,7-8,10H2,1-2H3,(H,17,19). The molecule has 2 N–H and O–H groups in total. The van der Waals surface area contributed by atoms with E-state index in [9.17, 15) is 9.18 Å². The van der Waals surface area contributed by atoms with Crippen molar-refractivity contribution in [3.8, 4) is 5.75 Å². The number of hydrogen-bond donors (Lipinski definition) is 2. The summed E-state index contributed by atoms with van der Waals surface area (Å²) in [6.45, 7) is 2.66. The third-order valence-corrected chi connectivity index (χ3v) is 3.20. The van der Waals surface area contributed by atoms with E-state index in [0.717, 1.165) is 18.9 Å². The Balaban J connectivity index is 2.59. The predicted octanol–water partition coefficient (Wildman–Crippen LogP) is 2.36. The smallest absolute Gasteiger partial charge is 0.251 e. The molecule has 112 valence electrons. The highest BCUT2D eigenvalue weighted by Crippen LogP contribution is 2.17. The molecule has 1 aromatic rings. The van der Waals surface area contributed by atoms with E-state index >= 15 is 0 Å². The molecular weight excluding hydrogens is 261 g/mol. The molecule has 1 unspecified atom stereocenters. The van der Waals surface area contributed by atoms with Crippen LogP contribution in [0, 0.1) is 11.7 Å². The number of ether oxygens (including phenoxy) is 1. The highest BCUT2D eigenvalue weighted by molar-refractivity contribution is 5.94. The average Bonchev–Trinajstić information content (AvgIpc) is 2.44. The number of methoxy groups -OCH3 is 1. The third-order valence-electron chi connectivity index (χ3n) is 3.20. The quantitative estimate of drug-likeness (QED) is 0.770. The highest BCUT2D eigenvalue weighted by atomic mass is 19.1. The van der Waals surface area contributed by atoms with Gasteiger partial charge in [0.25, 0.3) is 5.91 Å². The van der Waals surface area contributed by atoms with Crippen LogP contribution < -0.4 is 10.1 Å². The van der Waals surface area contributed by atoms with Crippen molar-refractivity contribution in [3.63, 3.8) is 0 Å². The summed E-state index contributed by atoms with van der Waals surface area (Å²) in [6, 6.07) is 4.12. The van der Waals surface area contributed by atoms with E-state index in [1.54, 1.807) is 0 Å². The maximum Gasteiger partial charge on any atom is 0.251 e. The summed E-state index contributed by atoms with van der Waals surface area (Å²) < 4.78 is 18.3. The lowest BCUT2D eigenvalue weighted by Crippen LogP contribution is -2.29. The van der Waals surface area contributed by atoms with Crippen molar-refractivity contribution in [2.24, 2.45) is 5.92 Å². The van der Waals surface area contributed by atoms with Crippen LogP contribution in [-0.2, 0) is 0 Å². The molecule has 0 saturated heterocycles. The molecule has 0 heterocycles. The molecule has 0 radical (unpaired) electrons. The zero-order valence-corrected chi connectivity index (χ0v) is 12.0. The van der Waals surface area contributed by atoms with E-state index in [1.165, 1.54) is 19.2 Å². The molecule has 1 amide bonds. The summed E-state index contributed by atoms with van der Waals surface area (Å²) in [5, 5.41) is 11.7. The maximum atomic E-state index is 13.5. The van der Waals surface area contributed by atoms with Crippen LogP contribution in [0.15, 0.2) is 18.2 Å². The first-order valence-electron chi connectivity index (χ1n) is 6.85. The lowest BCUT2D eigenvalue weighted by molar-refractivity contribution is 0.0942. The Kier molecular flexibility index (Phi) is 7.01. The molecule has 1 aromatic carbocycles. The van der Waals surface area contributed by atoms with E-state index in [4.69, 9.17) is 9.84 Å². The van der Waals surface area contributed by atoms with Crippen LogP contribution in [0.3, 0.4) is 0 Å². The molecule has 0 saturated carbocycles. The summed E-state index contributed by atoms with van der Waals surface area (Å²) in [6.07, 6.45) is 2.60. The van der Waals surface area contributed by atoms with Crippen LogP contribution in [-0.4, -0.2) is 31.3 Å². The van der Waals surface area contributed by atoms with Gasteiger partial charge in [0, 0.05) is 18.7 Å². The summed E-state index contributed by atoms with van der Waals surface area (Å²) in [5.41, 5.74) is 0.266. The van der Waals surface area contributed by atoms with Gasteiger partial charge in [-0.2, -0.15) is 0 Å². The SMILES string of the molecule is CCCC(CCO)CNC(=O)c1ccc(OC)c(F)c1. The van der Waals surface area contributed by atoms with Gasteiger partial charge in [0.1, 0.15) is 0 Å². The molecule has 1 atom stereocenters. The Morgan fingerprint density at radius 2 is 2.20 bits per heavy atom. The fraction of sp³-hybridized carbons (Fsp3) is 0.533. The maximum absolute atomic E-state index is 13.5. The Morgan fingerprint density at radius 1 is 1.45 bits per heavy atom. The van der Waals surface area contributed by atoms with Gasteiger partial charge in [-0.05, 0) is 37.0 Å². The number of hydrogen-bond acceptors (Lipinski definition) is 3. The fourth-order valence-electron chi connectivity index (χ4n) is 2.09. The first-order valence-corrected chi connectivity index (χ1v) is 6.85. The lowest BCUT2D eigenvalue weighted by Gasteiger charge is -2.15. The number of rotatable bonds is 8. The molecule has 5 heteroatoms. The van der Waals surface area contributed by atoms with Gasteiger partial charge >= 0.3 is 0 Å². The number of nitrogens with one attached hydrogen (secondary N) is 1. The van der Waals surface area contributed by atoms with E-state index in [1.807, 2.05) is 0 Å². The minimum Gasteiger partial charge on any atom is -0.494 e. The van der Waals surface area contributed by atoms with Crippen LogP contribution in [0.25, 0.3) is 0 Å². The second kappa shape index (κ2) is 8.53. The van der Waals surface area contributed by atoms with Gasteiger partial charge in [0.05, 0.1) is 7.11 Å². The zero-order chi connectivity index (χ0) is 15.0. The van der Waals surface area contributed by atoms with Gasteiger partial charge < -0.3 is 15.2 Å². The van der Waals surface area contributed by atoms with E-state index in [-0.39, 0.29) is 29.7 Å². The molecule has 0 fully saturated rings. The van der Waals surface area contributed by atoms with Crippen molar-refractivity contribution < 1.29 is 19.0 Å². The molecule has 1 rings (SSSR count). The van der Waals surface area contributed by atoms with Gasteiger partial charge in [-0.25, -0.2) is 4.39 Å². The number of halogens is 1. The normalized spacial score (nSPS) is 12.0. The van der Waals surface area contributed by atoms with Crippen LogP contribution in [0.2, 0.25) is 0 Å². The van der Waals surface area contributed by atoms with Crippen molar-refractivity contribution in [2.45, 2.75) is 26.2 Å². The summed E-state index contributed by atoms with van der Waals surface area (Å²) in [5.74, 6) is -0.506. The van der Waals surface area contributed by atoms with Crippen molar-refractivity contribution in [1.29, 1.82) is 0 Å². The van der Waals surface area contributed by atoms with Crippen molar-refractivity contribution in [1.82, 2.24) is 5.32 Å². The monoisotopic (exact) mass is 283 g/mol. The molecule has 20 heavy (non-hydrogen) atoms. The van der Waals surface area contributed by atoms with Crippen LogP contribution in [0.5, 0.6) is 5.75 Å². The first kappa shape index (κ1) is 16.4. The predicted molar refractivity (Wildman–Crippen MR) is 75.4 cm³/mol. The average molecular weight is 283 g/mol. The van der Waals surface area contributed by atoms with Crippen molar-refractivity contribution >= 4 is 5.91 Å². The topological polar surface area (TPSA) is 58.6 Å². The van der Waals surface area contributed by atoms with Crippen LogP contribution >= 0.6 is 0 Å². The van der Waals surface area contributed by atoms with Crippen LogP contribution in [0.4, 0.5) is 4.39 Å². The Morgan fingerprint density at radius 3 is 2.75 bits per heavy atom. The number of carbonyl (C=O) groups is 1. The van der Waals surface area contributed by atoms with Gasteiger partial charge in [-0.15, -0.1) is 0 Å². The summed E-state index contributed by atoms with van der Waals surface area (Å²) in [4.78, 5) is 11.9. The molecule has 0 aliphatic carbocycles. The molecule has 4 nitrogen and oxygen atoms in total. The molecular formula is C15H22FNO3. The van der Waals surface area contributed by atoms with E-state index < -0.39 is 5.82 Å². The molecule has 0 spiro atoms. The largest absolute Gasteiger partial charge is 0.494 e. The number of amides is 1. The van der Waals surface area contributed by atoms with Gasteiger partial charge in [0.15, 0.2) is 11.6 Å². The van der Waals surface area contributed by atoms with E-state index in [2.05, 4.69) is 12.2 Å². The third kappa shape index (κ3) is 4.81. The van der Waals surface area contributed by atoms with Crippen molar-refractivity contribution in [3.05, 3.63) is 29.6 Å². The number of aliphatic hydroxyl groups is 1. The van der Waals surface area contributed by atoms with E-state index in [0.29, 0.717) is 13.0 Å². The number of aliphatic hydroxyl groups excluding tert-OH is 1. The van der Waals surface area contributed by atoms with Gasteiger partial charge in [0.2, 0.25) is 0 Å². The van der Waals surface area contributed by atoms with Gasteiger partial charge in [-0.3, -0.25) is 4.79 Å². The second-order valence-corrected chi connectivity index (χ2v) is 4.73. The minimum absolute atomic E-state index is 0.109.